The van der Waals surface area contributed by atoms with Gasteiger partial charge in [0, 0.05) is 0 Å². The molecule has 0 aromatic heterocycles. The van der Waals surface area contributed by atoms with Crippen LogP contribution in [0.4, 0.5) is 0 Å². The standard InChI is InChI=1S/C24H14O4/c25-23(26)15-5-7-17-19-9-13-3-1-2-4-14(13)10-20(19)18-8-6-16(24(27)28)12-22(18)21(17)11-15/h1-12H,(H,25,26)(H,27,28). The van der Waals surface area contributed by atoms with Gasteiger partial charge in [-0.15, -0.1) is 0 Å². The molecule has 5 rings (SSSR count). The van der Waals surface area contributed by atoms with E-state index >= 15 is 0 Å². The van der Waals surface area contributed by atoms with Crippen LogP contribution in [0.1, 0.15) is 20.7 Å². The third-order valence-electron chi connectivity index (χ3n) is 5.29. The van der Waals surface area contributed by atoms with E-state index in [0.717, 1.165) is 43.1 Å². The molecule has 0 aliphatic heterocycles. The van der Waals surface area contributed by atoms with Crippen molar-refractivity contribution in [3.05, 3.63) is 83.9 Å². The molecule has 0 bridgehead atoms. The summed E-state index contributed by atoms with van der Waals surface area (Å²) in [6, 6.07) is 22.3. The number of rotatable bonds is 2. The number of hydrogen-bond donors (Lipinski definition) is 2. The topological polar surface area (TPSA) is 74.6 Å². The van der Waals surface area contributed by atoms with Crippen molar-refractivity contribution in [3.63, 3.8) is 0 Å². The van der Waals surface area contributed by atoms with Gasteiger partial charge in [-0.05, 0) is 79.5 Å². The second-order valence-corrected chi connectivity index (χ2v) is 6.88. The van der Waals surface area contributed by atoms with Crippen molar-refractivity contribution < 1.29 is 19.8 Å². The molecule has 0 aliphatic carbocycles. The average molecular weight is 366 g/mol. The van der Waals surface area contributed by atoms with Crippen molar-refractivity contribution >= 4 is 55.0 Å². The third-order valence-corrected chi connectivity index (χ3v) is 5.29. The van der Waals surface area contributed by atoms with Gasteiger partial charge < -0.3 is 10.2 Å². The van der Waals surface area contributed by atoms with E-state index in [9.17, 15) is 19.8 Å². The Morgan fingerprint density at radius 3 is 1.29 bits per heavy atom. The monoisotopic (exact) mass is 366 g/mol. The van der Waals surface area contributed by atoms with Gasteiger partial charge in [0.1, 0.15) is 0 Å². The molecular formula is C24H14O4. The Labute approximate surface area is 159 Å². The lowest BCUT2D eigenvalue weighted by Crippen LogP contribution is -1.98. The van der Waals surface area contributed by atoms with E-state index in [-0.39, 0.29) is 11.1 Å². The Morgan fingerprint density at radius 1 is 0.500 bits per heavy atom. The molecule has 0 atom stereocenters. The van der Waals surface area contributed by atoms with E-state index in [0.29, 0.717) is 0 Å². The second-order valence-electron chi connectivity index (χ2n) is 6.88. The van der Waals surface area contributed by atoms with Crippen molar-refractivity contribution in [1.82, 2.24) is 0 Å². The zero-order valence-corrected chi connectivity index (χ0v) is 14.6. The lowest BCUT2D eigenvalue weighted by Gasteiger charge is -2.13. The van der Waals surface area contributed by atoms with E-state index in [2.05, 4.69) is 12.1 Å². The Kier molecular flexibility index (Phi) is 3.36. The normalized spacial score (nSPS) is 11.4. The first-order valence-corrected chi connectivity index (χ1v) is 8.81. The first-order chi connectivity index (χ1) is 13.5. The molecule has 0 amide bonds. The van der Waals surface area contributed by atoms with Gasteiger partial charge in [-0.3, -0.25) is 0 Å². The van der Waals surface area contributed by atoms with Gasteiger partial charge in [0.15, 0.2) is 0 Å². The van der Waals surface area contributed by atoms with E-state index < -0.39 is 11.9 Å². The summed E-state index contributed by atoms with van der Waals surface area (Å²) < 4.78 is 0. The predicted molar refractivity (Wildman–Crippen MR) is 110 cm³/mol. The van der Waals surface area contributed by atoms with Crippen molar-refractivity contribution in [3.8, 4) is 0 Å². The van der Waals surface area contributed by atoms with E-state index in [4.69, 9.17) is 0 Å². The Morgan fingerprint density at radius 2 is 0.893 bits per heavy atom. The third kappa shape index (κ3) is 2.32. The second kappa shape index (κ2) is 5.79. The molecule has 4 heteroatoms. The first kappa shape index (κ1) is 16.3. The Bertz CT molecular complexity index is 1350. The van der Waals surface area contributed by atoms with E-state index in [1.54, 1.807) is 24.3 Å². The Balaban J connectivity index is 2.06. The average Bonchev–Trinajstić information content (AvgIpc) is 2.71. The molecule has 5 aromatic rings. The maximum atomic E-state index is 11.5. The van der Waals surface area contributed by atoms with Gasteiger partial charge in [0.25, 0.3) is 0 Å². The zero-order chi connectivity index (χ0) is 19.4. The van der Waals surface area contributed by atoms with Gasteiger partial charge in [0.05, 0.1) is 11.1 Å². The van der Waals surface area contributed by atoms with Crippen LogP contribution in [0.5, 0.6) is 0 Å². The van der Waals surface area contributed by atoms with Crippen LogP contribution in [-0.2, 0) is 0 Å². The van der Waals surface area contributed by atoms with Crippen LogP contribution in [0.25, 0.3) is 43.1 Å². The quantitative estimate of drug-likeness (QED) is 0.311. The fourth-order valence-electron chi connectivity index (χ4n) is 3.96. The number of carbonyl (C=O) groups is 2. The van der Waals surface area contributed by atoms with Crippen LogP contribution in [0.3, 0.4) is 0 Å². The molecule has 28 heavy (non-hydrogen) atoms. The molecule has 0 radical (unpaired) electrons. The van der Waals surface area contributed by atoms with Crippen LogP contribution >= 0.6 is 0 Å². The van der Waals surface area contributed by atoms with Gasteiger partial charge in [-0.25, -0.2) is 9.59 Å². The minimum atomic E-state index is -1.01. The summed E-state index contributed by atoms with van der Waals surface area (Å²) in [6.07, 6.45) is 0. The molecule has 0 aliphatic rings. The summed E-state index contributed by atoms with van der Waals surface area (Å²) in [6.45, 7) is 0. The molecule has 2 N–H and O–H groups in total. The zero-order valence-electron chi connectivity index (χ0n) is 14.6. The smallest absolute Gasteiger partial charge is 0.335 e. The Hall–Kier alpha value is -3.92. The highest BCUT2D eigenvalue weighted by atomic mass is 16.4. The van der Waals surface area contributed by atoms with Gasteiger partial charge in [-0.2, -0.15) is 0 Å². The number of hydrogen-bond acceptors (Lipinski definition) is 2. The summed E-state index contributed by atoms with van der Waals surface area (Å²) in [5, 5.41) is 26.3. The van der Waals surface area contributed by atoms with Crippen LogP contribution < -0.4 is 0 Å². The maximum absolute atomic E-state index is 11.5. The van der Waals surface area contributed by atoms with Crippen LogP contribution in [-0.4, -0.2) is 22.2 Å². The van der Waals surface area contributed by atoms with Crippen molar-refractivity contribution in [2.24, 2.45) is 0 Å². The molecule has 134 valence electrons. The molecule has 0 fully saturated rings. The van der Waals surface area contributed by atoms with Crippen LogP contribution in [0.2, 0.25) is 0 Å². The molecule has 0 spiro atoms. The molecule has 0 saturated carbocycles. The minimum Gasteiger partial charge on any atom is -0.478 e. The van der Waals surface area contributed by atoms with Crippen molar-refractivity contribution in [2.45, 2.75) is 0 Å². The van der Waals surface area contributed by atoms with Crippen LogP contribution in [0.15, 0.2) is 72.8 Å². The number of aromatic carboxylic acids is 2. The fraction of sp³-hybridized carbons (Fsp3) is 0. The summed E-state index contributed by atoms with van der Waals surface area (Å²) >= 11 is 0. The number of benzene rings is 5. The largest absolute Gasteiger partial charge is 0.478 e. The van der Waals surface area contributed by atoms with Crippen molar-refractivity contribution in [2.75, 3.05) is 0 Å². The minimum absolute atomic E-state index is 0.176. The first-order valence-electron chi connectivity index (χ1n) is 8.81. The molecule has 5 aromatic carbocycles. The maximum Gasteiger partial charge on any atom is 0.335 e. The number of carboxylic acids is 2. The van der Waals surface area contributed by atoms with Crippen molar-refractivity contribution in [1.29, 1.82) is 0 Å². The predicted octanol–water partition coefficient (Wildman–Crippen LogP) is 5.70. The fourth-order valence-corrected chi connectivity index (χ4v) is 3.96. The molecule has 0 unspecified atom stereocenters. The number of fused-ring (bicyclic) bond motifs is 7. The molecule has 4 nitrogen and oxygen atoms in total. The summed E-state index contributed by atoms with van der Waals surface area (Å²) in [5.74, 6) is -2.02. The van der Waals surface area contributed by atoms with Crippen LogP contribution in [0, 0.1) is 0 Å². The summed E-state index contributed by atoms with van der Waals surface area (Å²) in [7, 11) is 0. The highest BCUT2D eigenvalue weighted by Crippen LogP contribution is 2.38. The number of carboxylic acid groups (broad SMARTS) is 2. The molecular weight excluding hydrogens is 352 g/mol. The lowest BCUT2D eigenvalue weighted by molar-refractivity contribution is 0.0686. The van der Waals surface area contributed by atoms with Gasteiger partial charge in [0.2, 0.25) is 0 Å². The lowest BCUT2D eigenvalue weighted by atomic mass is 9.90. The van der Waals surface area contributed by atoms with Gasteiger partial charge >= 0.3 is 11.9 Å². The summed E-state index contributed by atoms with van der Waals surface area (Å²) in [5.41, 5.74) is 0.351. The van der Waals surface area contributed by atoms with Gasteiger partial charge in [-0.1, -0.05) is 36.4 Å². The van der Waals surface area contributed by atoms with E-state index in [1.165, 1.54) is 0 Å². The molecule has 0 heterocycles. The highest BCUT2D eigenvalue weighted by molar-refractivity contribution is 6.28. The highest BCUT2D eigenvalue weighted by Gasteiger charge is 2.14. The molecule has 0 saturated heterocycles. The summed E-state index contributed by atoms with van der Waals surface area (Å²) in [4.78, 5) is 23.0. The van der Waals surface area contributed by atoms with E-state index in [1.807, 2.05) is 36.4 Å². The SMILES string of the molecule is O=C(O)c1ccc2c(c1)c1cc(C(=O)O)ccc1c1cc3ccccc3cc21.